The van der Waals surface area contributed by atoms with Crippen molar-refractivity contribution < 1.29 is 13.9 Å². The molecule has 5 heteroatoms. The van der Waals surface area contributed by atoms with Crippen molar-refractivity contribution in [1.29, 1.82) is 0 Å². The van der Waals surface area contributed by atoms with Crippen LogP contribution in [0.1, 0.15) is 10.4 Å². The second-order valence-corrected chi connectivity index (χ2v) is 5.05. The van der Waals surface area contributed by atoms with Crippen LogP contribution in [0.15, 0.2) is 46.9 Å². The van der Waals surface area contributed by atoms with Crippen molar-refractivity contribution >= 4 is 27.5 Å². The largest absolute Gasteiger partial charge is 0.496 e. The first kappa shape index (κ1) is 14.5. The molecule has 2 rings (SSSR count). The first-order valence-corrected chi connectivity index (χ1v) is 6.69. The van der Waals surface area contributed by atoms with E-state index in [0.29, 0.717) is 21.5 Å². The van der Waals surface area contributed by atoms with E-state index in [0.717, 1.165) is 0 Å². The fourth-order valence-electron chi connectivity index (χ4n) is 1.80. The number of hydrogen-bond acceptors (Lipinski definition) is 2. The lowest BCUT2D eigenvalue weighted by atomic mass is 10.2. The number of anilines is 1. The van der Waals surface area contributed by atoms with Crippen molar-refractivity contribution in [2.45, 2.75) is 0 Å². The maximum atomic E-state index is 13.2. The molecule has 0 aromatic heterocycles. The zero-order chi connectivity index (χ0) is 14.7. The lowest BCUT2D eigenvalue weighted by Gasteiger charge is -2.18. The number of nitrogens with zero attached hydrogens (tertiary/aromatic N) is 1. The second kappa shape index (κ2) is 6.05. The maximum Gasteiger partial charge on any atom is 0.258 e. The molecule has 104 valence electrons. The van der Waals surface area contributed by atoms with Crippen LogP contribution in [0.2, 0.25) is 0 Å². The molecule has 20 heavy (non-hydrogen) atoms. The van der Waals surface area contributed by atoms with Crippen LogP contribution in [0.4, 0.5) is 10.1 Å². The summed E-state index contributed by atoms with van der Waals surface area (Å²) >= 11 is 3.34. The Morgan fingerprint density at radius 3 is 2.60 bits per heavy atom. The molecule has 2 aromatic rings. The van der Waals surface area contributed by atoms with Gasteiger partial charge in [0.15, 0.2) is 0 Å². The number of ether oxygens (including phenoxy) is 1. The van der Waals surface area contributed by atoms with Gasteiger partial charge in [0, 0.05) is 18.3 Å². The van der Waals surface area contributed by atoms with E-state index in [2.05, 4.69) is 15.9 Å². The summed E-state index contributed by atoms with van der Waals surface area (Å²) in [6.45, 7) is 0. The summed E-state index contributed by atoms with van der Waals surface area (Å²) in [4.78, 5) is 13.8. The Hall–Kier alpha value is -1.88. The standard InChI is InChI=1S/C15H13BrFNO2/c1-18(12-5-3-4-11(17)9-12)15(19)10-6-7-14(20-2)13(16)8-10/h3-9H,1-2H3. The summed E-state index contributed by atoms with van der Waals surface area (Å²) in [5, 5.41) is 0. The van der Waals surface area contributed by atoms with Crippen LogP contribution >= 0.6 is 15.9 Å². The van der Waals surface area contributed by atoms with E-state index in [1.54, 1.807) is 44.5 Å². The molecule has 0 aliphatic carbocycles. The summed E-state index contributed by atoms with van der Waals surface area (Å²) in [5.74, 6) is 0.0481. The summed E-state index contributed by atoms with van der Waals surface area (Å²) in [6.07, 6.45) is 0. The molecule has 3 nitrogen and oxygen atoms in total. The number of methoxy groups -OCH3 is 1. The average Bonchev–Trinajstić information content (AvgIpc) is 2.45. The number of halogens is 2. The Morgan fingerprint density at radius 1 is 1.25 bits per heavy atom. The van der Waals surface area contributed by atoms with Crippen LogP contribution in [0.3, 0.4) is 0 Å². The molecule has 0 radical (unpaired) electrons. The number of rotatable bonds is 3. The SMILES string of the molecule is COc1ccc(C(=O)N(C)c2cccc(F)c2)cc1Br. The summed E-state index contributed by atoms with van der Waals surface area (Å²) in [7, 11) is 3.16. The average molecular weight is 338 g/mol. The third-order valence-corrected chi connectivity index (χ3v) is 3.52. The van der Waals surface area contributed by atoms with Crippen LogP contribution in [-0.4, -0.2) is 20.1 Å². The van der Waals surface area contributed by atoms with E-state index in [-0.39, 0.29) is 11.7 Å². The fraction of sp³-hybridized carbons (Fsp3) is 0.133. The predicted octanol–water partition coefficient (Wildman–Crippen LogP) is 3.87. The third kappa shape index (κ3) is 2.99. The second-order valence-electron chi connectivity index (χ2n) is 4.19. The molecule has 0 saturated heterocycles. The monoisotopic (exact) mass is 337 g/mol. The van der Waals surface area contributed by atoms with Crippen molar-refractivity contribution in [3.05, 3.63) is 58.3 Å². The quantitative estimate of drug-likeness (QED) is 0.850. The van der Waals surface area contributed by atoms with E-state index >= 15 is 0 Å². The summed E-state index contributed by atoms with van der Waals surface area (Å²) in [6, 6.07) is 11.0. The Labute approximate surface area is 125 Å². The van der Waals surface area contributed by atoms with E-state index in [9.17, 15) is 9.18 Å². The van der Waals surface area contributed by atoms with Gasteiger partial charge in [-0.3, -0.25) is 4.79 Å². The molecule has 0 N–H and O–H groups in total. The maximum absolute atomic E-state index is 13.2. The number of hydrogen-bond donors (Lipinski definition) is 0. The number of benzene rings is 2. The molecule has 0 atom stereocenters. The van der Waals surface area contributed by atoms with Gasteiger partial charge >= 0.3 is 0 Å². The molecule has 0 spiro atoms. The molecular weight excluding hydrogens is 325 g/mol. The topological polar surface area (TPSA) is 29.5 Å². The third-order valence-electron chi connectivity index (χ3n) is 2.90. The number of carbonyl (C=O) groups excluding carboxylic acids is 1. The van der Waals surface area contributed by atoms with Crippen molar-refractivity contribution in [2.24, 2.45) is 0 Å². The highest BCUT2D eigenvalue weighted by atomic mass is 79.9. The lowest BCUT2D eigenvalue weighted by Crippen LogP contribution is -2.26. The minimum Gasteiger partial charge on any atom is -0.496 e. The van der Waals surface area contributed by atoms with Gasteiger partial charge in [-0.1, -0.05) is 6.07 Å². The Morgan fingerprint density at radius 2 is 2.00 bits per heavy atom. The van der Waals surface area contributed by atoms with Crippen LogP contribution in [-0.2, 0) is 0 Å². The highest BCUT2D eigenvalue weighted by Crippen LogP contribution is 2.26. The van der Waals surface area contributed by atoms with Gasteiger partial charge in [0.1, 0.15) is 11.6 Å². The van der Waals surface area contributed by atoms with Crippen LogP contribution in [0.25, 0.3) is 0 Å². The Kier molecular flexibility index (Phi) is 4.39. The summed E-state index contributed by atoms with van der Waals surface area (Å²) < 4.78 is 19.0. The molecule has 2 aromatic carbocycles. The van der Waals surface area contributed by atoms with Gasteiger partial charge in [0.25, 0.3) is 5.91 Å². The minimum atomic E-state index is -0.377. The van der Waals surface area contributed by atoms with Crippen LogP contribution in [0.5, 0.6) is 5.75 Å². The molecular formula is C15H13BrFNO2. The van der Waals surface area contributed by atoms with Gasteiger partial charge in [-0.05, 0) is 52.3 Å². The van der Waals surface area contributed by atoms with Crippen molar-refractivity contribution in [1.82, 2.24) is 0 Å². The normalized spacial score (nSPS) is 10.2. The minimum absolute atomic E-state index is 0.223. The fourth-order valence-corrected chi connectivity index (χ4v) is 2.34. The smallest absolute Gasteiger partial charge is 0.258 e. The van der Waals surface area contributed by atoms with Gasteiger partial charge in [0.2, 0.25) is 0 Å². The molecule has 0 heterocycles. The van der Waals surface area contributed by atoms with Gasteiger partial charge in [-0.2, -0.15) is 0 Å². The van der Waals surface area contributed by atoms with E-state index in [1.807, 2.05) is 0 Å². The zero-order valence-corrected chi connectivity index (χ0v) is 12.6. The molecule has 0 bridgehead atoms. The Bertz CT molecular complexity index is 646. The highest BCUT2D eigenvalue weighted by Gasteiger charge is 2.15. The molecule has 0 saturated carbocycles. The zero-order valence-electron chi connectivity index (χ0n) is 11.1. The number of carbonyl (C=O) groups is 1. The molecule has 0 unspecified atom stereocenters. The van der Waals surface area contributed by atoms with E-state index in [4.69, 9.17) is 4.74 Å². The van der Waals surface area contributed by atoms with Gasteiger partial charge in [-0.25, -0.2) is 4.39 Å². The van der Waals surface area contributed by atoms with Gasteiger partial charge < -0.3 is 9.64 Å². The van der Waals surface area contributed by atoms with Gasteiger partial charge in [0.05, 0.1) is 11.6 Å². The Balaban J connectivity index is 2.29. The molecule has 0 aliphatic rings. The van der Waals surface area contributed by atoms with Crippen LogP contribution < -0.4 is 9.64 Å². The lowest BCUT2D eigenvalue weighted by molar-refractivity contribution is 0.0993. The first-order valence-electron chi connectivity index (χ1n) is 5.90. The predicted molar refractivity (Wildman–Crippen MR) is 79.8 cm³/mol. The molecule has 0 fully saturated rings. The van der Waals surface area contributed by atoms with Crippen molar-refractivity contribution in [3.8, 4) is 5.75 Å². The van der Waals surface area contributed by atoms with Gasteiger partial charge in [-0.15, -0.1) is 0 Å². The molecule has 0 aliphatic heterocycles. The van der Waals surface area contributed by atoms with Crippen LogP contribution in [0, 0.1) is 5.82 Å². The highest BCUT2D eigenvalue weighted by molar-refractivity contribution is 9.10. The van der Waals surface area contributed by atoms with Crippen molar-refractivity contribution in [3.63, 3.8) is 0 Å². The first-order chi connectivity index (χ1) is 9.52. The van der Waals surface area contributed by atoms with E-state index < -0.39 is 0 Å². The van der Waals surface area contributed by atoms with E-state index in [1.165, 1.54) is 17.0 Å². The molecule has 1 amide bonds. The van der Waals surface area contributed by atoms with Crippen molar-refractivity contribution in [2.75, 3.05) is 19.1 Å². The summed E-state index contributed by atoms with van der Waals surface area (Å²) in [5.41, 5.74) is 0.992. The number of amides is 1.